The van der Waals surface area contributed by atoms with Gasteiger partial charge in [-0.3, -0.25) is 0 Å². The minimum Gasteiger partial charge on any atom is -0.305 e. The van der Waals surface area contributed by atoms with Gasteiger partial charge in [-0.05, 0) is 49.9 Å². The Labute approximate surface area is 129 Å². The molecule has 0 spiro atoms. The molecule has 1 unspecified atom stereocenters. The summed E-state index contributed by atoms with van der Waals surface area (Å²) < 4.78 is 2.30. The zero-order valence-electron chi connectivity index (χ0n) is 10.1. The van der Waals surface area contributed by atoms with Crippen molar-refractivity contribution < 1.29 is 0 Å². The predicted octanol–water partition coefficient (Wildman–Crippen LogP) is 5.51. The van der Waals surface area contributed by atoms with Crippen LogP contribution in [0.25, 0.3) is 0 Å². The first-order chi connectivity index (χ1) is 8.70. The highest BCUT2D eigenvalue weighted by Gasteiger charge is 2.09. The molecule has 0 bridgehead atoms. The Morgan fingerprint density at radius 3 is 2.50 bits per heavy atom. The van der Waals surface area contributed by atoms with Crippen molar-refractivity contribution in [2.75, 3.05) is 0 Å². The summed E-state index contributed by atoms with van der Waals surface area (Å²) in [7, 11) is 0. The second kappa shape index (κ2) is 6.85. The molecular formula is C14H15Br2NS. The van der Waals surface area contributed by atoms with Crippen molar-refractivity contribution in [3.8, 4) is 0 Å². The molecule has 96 valence electrons. The monoisotopic (exact) mass is 387 g/mol. The fraction of sp³-hybridized carbons (Fsp3) is 0.286. The molecular weight excluding hydrogens is 374 g/mol. The Kier molecular flexibility index (Phi) is 5.42. The summed E-state index contributed by atoms with van der Waals surface area (Å²) in [4.78, 5) is 1.34. The van der Waals surface area contributed by atoms with Crippen LogP contribution in [0.15, 0.2) is 44.7 Å². The van der Waals surface area contributed by atoms with Gasteiger partial charge in [-0.1, -0.05) is 37.3 Å². The summed E-state index contributed by atoms with van der Waals surface area (Å²) in [5.41, 5.74) is 1.36. The second-order valence-electron chi connectivity index (χ2n) is 4.09. The van der Waals surface area contributed by atoms with Crippen LogP contribution in [0.1, 0.15) is 29.8 Å². The van der Waals surface area contributed by atoms with E-state index in [9.17, 15) is 0 Å². The first-order valence-electron chi connectivity index (χ1n) is 5.92. The first-order valence-corrected chi connectivity index (χ1v) is 8.33. The van der Waals surface area contributed by atoms with Crippen molar-refractivity contribution in [1.29, 1.82) is 0 Å². The molecule has 0 aliphatic rings. The van der Waals surface area contributed by atoms with Gasteiger partial charge in [0.05, 0.1) is 3.79 Å². The number of nitrogens with one attached hydrogen (secondary N) is 1. The molecule has 1 aromatic heterocycles. The van der Waals surface area contributed by atoms with Crippen LogP contribution in [-0.2, 0) is 6.54 Å². The molecule has 0 aliphatic carbocycles. The lowest BCUT2D eigenvalue weighted by Crippen LogP contribution is -2.19. The van der Waals surface area contributed by atoms with Gasteiger partial charge in [0.25, 0.3) is 0 Å². The zero-order chi connectivity index (χ0) is 13.0. The van der Waals surface area contributed by atoms with Gasteiger partial charge in [-0.2, -0.15) is 0 Å². The SMILES string of the molecule is CCC(NCc1cc(Br)c(Br)s1)c1ccccc1. The van der Waals surface area contributed by atoms with E-state index < -0.39 is 0 Å². The number of halogens is 2. The minimum absolute atomic E-state index is 0.422. The third-order valence-electron chi connectivity index (χ3n) is 2.83. The molecule has 2 rings (SSSR count). The van der Waals surface area contributed by atoms with E-state index in [4.69, 9.17) is 0 Å². The standard InChI is InChI=1S/C14H15Br2NS/c1-2-13(10-6-4-3-5-7-10)17-9-11-8-12(15)14(16)18-11/h3-8,13,17H,2,9H2,1H3. The van der Waals surface area contributed by atoms with Gasteiger partial charge in [-0.25, -0.2) is 0 Å². The van der Waals surface area contributed by atoms with Crippen LogP contribution in [0.4, 0.5) is 0 Å². The van der Waals surface area contributed by atoms with Gasteiger partial charge in [0.2, 0.25) is 0 Å². The molecule has 0 saturated heterocycles. The highest BCUT2D eigenvalue weighted by atomic mass is 79.9. The zero-order valence-corrected chi connectivity index (χ0v) is 14.1. The van der Waals surface area contributed by atoms with Crippen molar-refractivity contribution in [2.24, 2.45) is 0 Å². The predicted molar refractivity (Wildman–Crippen MR) is 86.0 cm³/mol. The molecule has 0 radical (unpaired) electrons. The van der Waals surface area contributed by atoms with E-state index in [0.29, 0.717) is 6.04 Å². The molecule has 4 heteroatoms. The second-order valence-corrected chi connectivity index (χ2v) is 7.40. The highest BCUT2D eigenvalue weighted by molar-refractivity contribution is 9.13. The smallest absolute Gasteiger partial charge is 0.0843 e. The summed E-state index contributed by atoms with van der Waals surface area (Å²) in [6.07, 6.45) is 1.09. The van der Waals surface area contributed by atoms with Gasteiger partial charge in [0.15, 0.2) is 0 Å². The molecule has 18 heavy (non-hydrogen) atoms. The summed E-state index contributed by atoms with van der Waals surface area (Å²) in [6.45, 7) is 3.12. The van der Waals surface area contributed by atoms with E-state index in [2.05, 4.69) is 80.5 Å². The van der Waals surface area contributed by atoms with Crippen molar-refractivity contribution >= 4 is 43.2 Å². The first kappa shape index (κ1) is 14.3. The fourth-order valence-corrected chi connectivity index (χ4v) is 4.01. The Morgan fingerprint density at radius 1 is 1.22 bits per heavy atom. The lowest BCUT2D eigenvalue weighted by Gasteiger charge is -2.16. The molecule has 0 saturated carbocycles. The number of hydrogen-bond acceptors (Lipinski definition) is 2. The van der Waals surface area contributed by atoms with Gasteiger partial charge in [0, 0.05) is 21.9 Å². The van der Waals surface area contributed by atoms with Crippen LogP contribution < -0.4 is 5.32 Å². The molecule has 1 atom stereocenters. The highest BCUT2D eigenvalue weighted by Crippen LogP contribution is 2.32. The molecule has 1 aromatic carbocycles. The maximum Gasteiger partial charge on any atom is 0.0843 e. The summed E-state index contributed by atoms with van der Waals surface area (Å²) in [6, 6.07) is 13.2. The van der Waals surface area contributed by atoms with Gasteiger partial charge in [0.1, 0.15) is 0 Å². The third kappa shape index (κ3) is 3.67. The Balaban J connectivity index is 1.99. The largest absolute Gasteiger partial charge is 0.305 e. The number of hydrogen-bond donors (Lipinski definition) is 1. The lowest BCUT2D eigenvalue weighted by atomic mass is 10.0. The molecule has 1 nitrogen and oxygen atoms in total. The van der Waals surface area contributed by atoms with Gasteiger partial charge in [-0.15, -0.1) is 11.3 Å². The van der Waals surface area contributed by atoms with Crippen molar-refractivity contribution in [1.82, 2.24) is 5.32 Å². The van der Waals surface area contributed by atoms with E-state index in [1.54, 1.807) is 11.3 Å². The topological polar surface area (TPSA) is 12.0 Å². The van der Waals surface area contributed by atoms with Crippen molar-refractivity contribution in [2.45, 2.75) is 25.9 Å². The molecule has 0 amide bonds. The average molecular weight is 389 g/mol. The van der Waals surface area contributed by atoms with E-state index >= 15 is 0 Å². The Morgan fingerprint density at radius 2 is 1.94 bits per heavy atom. The Hall–Kier alpha value is -0.160. The summed E-state index contributed by atoms with van der Waals surface area (Å²) in [5, 5.41) is 3.61. The maximum absolute atomic E-state index is 3.61. The lowest BCUT2D eigenvalue weighted by molar-refractivity contribution is 0.522. The van der Waals surface area contributed by atoms with Crippen molar-refractivity contribution in [3.05, 3.63) is 55.1 Å². The normalized spacial score (nSPS) is 12.6. The van der Waals surface area contributed by atoms with E-state index in [-0.39, 0.29) is 0 Å². The third-order valence-corrected chi connectivity index (χ3v) is 6.09. The van der Waals surface area contributed by atoms with Crippen LogP contribution in [0.2, 0.25) is 0 Å². The summed E-state index contributed by atoms with van der Waals surface area (Å²) in [5.74, 6) is 0. The van der Waals surface area contributed by atoms with E-state index in [1.807, 2.05) is 0 Å². The molecule has 0 fully saturated rings. The van der Waals surface area contributed by atoms with Crippen LogP contribution >= 0.6 is 43.2 Å². The molecule has 1 heterocycles. The van der Waals surface area contributed by atoms with Crippen molar-refractivity contribution in [3.63, 3.8) is 0 Å². The maximum atomic E-state index is 3.61. The number of thiophene rings is 1. The molecule has 0 aliphatic heterocycles. The van der Waals surface area contributed by atoms with Crippen LogP contribution in [0.3, 0.4) is 0 Å². The molecule has 1 N–H and O–H groups in total. The van der Waals surface area contributed by atoms with E-state index in [0.717, 1.165) is 21.2 Å². The minimum atomic E-state index is 0.422. The summed E-state index contributed by atoms with van der Waals surface area (Å²) >= 11 is 8.82. The van der Waals surface area contributed by atoms with Crippen LogP contribution in [0.5, 0.6) is 0 Å². The van der Waals surface area contributed by atoms with Gasteiger partial charge < -0.3 is 5.32 Å². The average Bonchev–Trinajstić information content (AvgIpc) is 2.71. The van der Waals surface area contributed by atoms with Crippen LogP contribution in [-0.4, -0.2) is 0 Å². The quantitative estimate of drug-likeness (QED) is 0.711. The number of rotatable bonds is 5. The fourth-order valence-electron chi connectivity index (χ4n) is 1.89. The van der Waals surface area contributed by atoms with Gasteiger partial charge >= 0.3 is 0 Å². The number of benzene rings is 1. The Bertz CT molecular complexity index is 476. The van der Waals surface area contributed by atoms with E-state index in [1.165, 1.54) is 10.4 Å². The molecule has 2 aromatic rings. The van der Waals surface area contributed by atoms with Crippen LogP contribution in [0, 0.1) is 0 Å².